The molecule has 7 nitrogen and oxygen atoms in total. The number of guanidine groups is 1. The van der Waals surface area contributed by atoms with E-state index in [-0.39, 0.29) is 23.4 Å². The molecule has 1 heterocycles. The Balaban J connectivity index is 1.75. The second kappa shape index (κ2) is 10.4. The van der Waals surface area contributed by atoms with Gasteiger partial charge in [0.1, 0.15) is 5.75 Å². The monoisotopic (exact) mass is 438 g/mol. The number of anilines is 1. The minimum atomic E-state index is -4.81. The summed E-state index contributed by atoms with van der Waals surface area (Å²) in [6.45, 7) is 3.02. The molecule has 31 heavy (non-hydrogen) atoms. The number of benzene rings is 2. The molecule has 1 unspecified atom stereocenters. The van der Waals surface area contributed by atoms with Crippen molar-refractivity contribution in [1.29, 1.82) is 0 Å². The van der Waals surface area contributed by atoms with E-state index >= 15 is 0 Å². The van der Waals surface area contributed by atoms with Crippen LogP contribution in [0.5, 0.6) is 11.5 Å². The second-order valence-corrected chi connectivity index (χ2v) is 6.83. The molecule has 2 aromatic rings. The number of morpholine rings is 1. The summed E-state index contributed by atoms with van der Waals surface area (Å²) >= 11 is 0. The van der Waals surface area contributed by atoms with Crippen molar-refractivity contribution < 1.29 is 27.4 Å². The molecule has 0 bridgehead atoms. The lowest BCUT2D eigenvalue weighted by Crippen LogP contribution is -2.40. The topological polar surface area (TPSA) is 81.3 Å². The van der Waals surface area contributed by atoms with Crippen LogP contribution in [0.3, 0.4) is 0 Å². The zero-order valence-electron chi connectivity index (χ0n) is 17.1. The van der Waals surface area contributed by atoms with E-state index in [1.165, 1.54) is 18.2 Å². The number of nitrogens with two attached hydrogens (primary N) is 1. The van der Waals surface area contributed by atoms with Crippen LogP contribution in [0.4, 0.5) is 18.9 Å². The Bertz CT molecular complexity index is 869. The molecular formula is C21H25F3N4O3. The van der Waals surface area contributed by atoms with Crippen LogP contribution in [0.1, 0.15) is 11.6 Å². The maximum Gasteiger partial charge on any atom is 0.573 e. The lowest BCUT2D eigenvalue weighted by atomic mass is 10.0. The highest BCUT2D eigenvalue weighted by Gasteiger charge is 2.32. The highest BCUT2D eigenvalue weighted by molar-refractivity contribution is 5.93. The van der Waals surface area contributed by atoms with Crippen LogP contribution in [0.25, 0.3) is 0 Å². The van der Waals surface area contributed by atoms with E-state index in [1.54, 1.807) is 13.2 Å². The third kappa shape index (κ3) is 6.76. The highest BCUT2D eigenvalue weighted by Crippen LogP contribution is 2.30. The van der Waals surface area contributed by atoms with Crippen LogP contribution in [-0.4, -0.2) is 57.2 Å². The van der Waals surface area contributed by atoms with E-state index in [9.17, 15) is 13.2 Å². The van der Waals surface area contributed by atoms with Gasteiger partial charge in [0.2, 0.25) is 0 Å². The third-order valence-corrected chi connectivity index (χ3v) is 4.80. The first-order valence-electron chi connectivity index (χ1n) is 9.73. The number of ether oxygens (including phenoxy) is 3. The van der Waals surface area contributed by atoms with Gasteiger partial charge in [-0.2, -0.15) is 0 Å². The van der Waals surface area contributed by atoms with Gasteiger partial charge in [-0.15, -0.1) is 13.2 Å². The smallest absolute Gasteiger partial charge is 0.497 e. The highest BCUT2D eigenvalue weighted by atomic mass is 19.4. The van der Waals surface area contributed by atoms with Crippen LogP contribution in [0, 0.1) is 0 Å². The Morgan fingerprint density at radius 2 is 1.84 bits per heavy atom. The summed E-state index contributed by atoms with van der Waals surface area (Å²) in [4.78, 5) is 6.62. The van der Waals surface area contributed by atoms with E-state index in [0.717, 1.165) is 24.4 Å². The summed E-state index contributed by atoms with van der Waals surface area (Å²) in [5.41, 5.74) is 7.08. The van der Waals surface area contributed by atoms with Gasteiger partial charge < -0.3 is 25.3 Å². The fourth-order valence-corrected chi connectivity index (χ4v) is 3.29. The second-order valence-electron chi connectivity index (χ2n) is 6.83. The van der Waals surface area contributed by atoms with Gasteiger partial charge in [0, 0.05) is 13.1 Å². The first-order chi connectivity index (χ1) is 14.9. The van der Waals surface area contributed by atoms with Gasteiger partial charge in [0.05, 0.1) is 38.6 Å². The van der Waals surface area contributed by atoms with Gasteiger partial charge in [-0.3, -0.25) is 9.89 Å². The van der Waals surface area contributed by atoms with Crippen molar-refractivity contribution in [2.24, 2.45) is 10.7 Å². The van der Waals surface area contributed by atoms with E-state index < -0.39 is 6.36 Å². The lowest BCUT2D eigenvalue weighted by Gasteiger charge is -2.34. The van der Waals surface area contributed by atoms with Gasteiger partial charge in [-0.05, 0) is 29.8 Å². The normalized spacial score (nSPS) is 16.6. The molecule has 0 amide bonds. The van der Waals surface area contributed by atoms with Gasteiger partial charge in [-0.25, -0.2) is 0 Å². The molecule has 10 heteroatoms. The quantitative estimate of drug-likeness (QED) is 0.510. The maximum atomic E-state index is 12.6. The summed E-state index contributed by atoms with van der Waals surface area (Å²) in [5.74, 6) is 0.355. The summed E-state index contributed by atoms with van der Waals surface area (Å²) in [5, 5.41) is 2.70. The predicted molar refractivity (Wildman–Crippen MR) is 111 cm³/mol. The van der Waals surface area contributed by atoms with E-state index in [1.807, 2.05) is 24.3 Å². The fourth-order valence-electron chi connectivity index (χ4n) is 3.29. The number of hydrogen-bond donors (Lipinski definition) is 2. The zero-order chi connectivity index (χ0) is 22.3. The van der Waals surface area contributed by atoms with E-state index in [4.69, 9.17) is 15.2 Å². The molecule has 0 radical (unpaired) electrons. The molecule has 1 fully saturated rings. The summed E-state index contributed by atoms with van der Waals surface area (Å²) in [6.07, 6.45) is -4.81. The largest absolute Gasteiger partial charge is 0.573 e. The molecule has 2 aromatic carbocycles. The van der Waals surface area contributed by atoms with Crippen LogP contribution in [0.2, 0.25) is 0 Å². The van der Waals surface area contributed by atoms with Crippen LogP contribution in [0.15, 0.2) is 53.5 Å². The average Bonchev–Trinajstić information content (AvgIpc) is 2.75. The number of halogens is 3. The summed E-state index contributed by atoms with van der Waals surface area (Å²) in [7, 11) is 1.60. The molecule has 1 aliphatic rings. The van der Waals surface area contributed by atoms with Gasteiger partial charge in [0.15, 0.2) is 11.7 Å². The van der Waals surface area contributed by atoms with Crippen LogP contribution in [-0.2, 0) is 4.74 Å². The van der Waals surface area contributed by atoms with Gasteiger partial charge >= 0.3 is 6.36 Å². The molecule has 3 rings (SSSR count). The van der Waals surface area contributed by atoms with Crippen molar-refractivity contribution in [3.63, 3.8) is 0 Å². The molecule has 1 saturated heterocycles. The maximum absolute atomic E-state index is 12.6. The zero-order valence-corrected chi connectivity index (χ0v) is 17.1. The Kier molecular flexibility index (Phi) is 7.59. The molecule has 0 saturated carbocycles. The third-order valence-electron chi connectivity index (χ3n) is 4.80. The summed E-state index contributed by atoms with van der Waals surface area (Å²) in [6, 6.07) is 13.3. The lowest BCUT2D eigenvalue weighted by molar-refractivity contribution is -0.274. The Labute approximate surface area is 178 Å². The average molecular weight is 438 g/mol. The first kappa shape index (κ1) is 22.7. The number of para-hydroxylation sites is 2. The molecule has 1 aliphatic heterocycles. The Morgan fingerprint density at radius 3 is 2.48 bits per heavy atom. The number of rotatable bonds is 7. The molecule has 0 aromatic heterocycles. The Hall–Kier alpha value is -2.98. The minimum absolute atomic E-state index is 0.00926. The van der Waals surface area contributed by atoms with Crippen molar-refractivity contribution >= 4 is 11.6 Å². The molecule has 3 N–H and O–H groups in total. The van der Waals surface area contributed by atoms with Crippen LogP contribution < -0.4 is 20.5 Å². The molecule has 0 spiro atoms. The number of methoxy groups -OCH3 is 1. The van der Waals surface area contributed by atoms with Gasteiger partial charge in [-0.1, -0.05) is 24.3 Å². The first-order valence-corrected chi connectivity index (χ1v) is 9.73. The van der Waals surface area contributed by atoms with E-state index in [2.05, 4.69) is 19.9 Å². The van der Waals surface area contributed by atoms with Crippen molar-refractivity contribution in [1.82, 2.24) is 4.90 Å². The van der Waals surface area contributed by atoms with Crippen LogP contribution >= 0.6 is 0 Å². The minimum Gasteiger partial charge on any atom is -0.497 e. The van der Waals surface area contributed by atoms with Gasteiger partial charge in [0.25, 0.3) is 0 Å². The van der Waals surface area contributed by atoms with Crippen molar-refractivity contribution in [3.8, 4) is 11.5 Å². The number of nitrogens with one attached hydrogen (secondary N) is 1. The fraction of sp³-hybridized carbons (Fsp3) is 0.381. The summed E-state index contributed by atoms with van der Waals surface area (Å²) < 4.78 is 52.6. The molecule has 168 valence electrons. The number of nitrogens with zero attached hydrogens (tertiary/aromatic N) is 2. The molecule has 0 aliphatic carbocycles. The number of aliphatic imine (C=N–C) groups is 1. The van der Waals surface area contributed by atoms with Crippen molar-refractivity contribution in [2.45, 2.75) is 12.4 Å². The standard InChI is InChI=1S/C21H25F3N4O3/c1-29-16-8-6-15(7-9-16)18(28-10-12-30-13-11-28)14-26-20(25)27-17-4-2-3-5-19(17)31-21(22,23)24/h2-9,18H,10-14H2,1H3,(H3,25,26,27). The predicted octanol–water partition coefficient (Wildman–Crippen LogP) is 3.39. The van der Waals surface area contributed by atoms with Crippen molar-refractivity contribution in [3.05, 3.63) is 54.1 Å². The molecular weight excluding hydrogens is 413 g/mol. The SMILES string of the molecule is COc1ccc(C(CN=C(N)Nc2ccccc2OC(F)(F)F)N2CCOCC2)cc1. The van der Waals surface area contributed by atoms with E-state index in [0.29, 0.717) is 19.8 Å². The molecule has 1 atom stereocenters. The Morgan fingerprint density at radius 1 is 1.16 bits per heavy atom. The number of alkyl halides is 3. The number of hydrogen-bond acceptors (Lipinski definition) is 5. The van der Waals surface area contributed by atoms with Crippen molar-refractivity contribution in [2.75, 3.05) is 45.3 Å².